The lowest BCUT2D eigenvalue weighted by molar-refractivity contribution is 0.0957. The first kappa shape index (κ1) is 21.3. The third-order valence-electron chi connectivity index (χ3n) is 4.36. The molecule has 0 saturated heterocycles. The van der Waals surface area contributed by atoms with E-state index >= 15 is 0 Å². The van der Waals surface area contributed by atoms with Gasteiger partial charge < -0.3 is 15.4 Å². The zero-order chi connectivity index (χ0) is 21.5. The van der Waals surface area contributed by atoms with E-state index in [2.05, 4.69) is 20.9 Å². The normalized spacial score (nSPS) is 10.4. The first-order chi connectivity index (χ1) is 14.4. The number of ether oxygens (including phenoxy) is 1. The number of carbonyl (C=O) groups excluding carboxylic acids is 2. The molecule has 0 aliphatic carbocycles. The number of urea groups is 1. The standard InChI is InChI=1S/C22H24N4O3S/c1-14-5-4-6-17(13-14)25-21(28)26-22-24-15(2)19(30-22)20(27)23-12-11-16-7-9-18(29-3)10-8-16/h4-10,13H,11-12H2,1-3H3,(H,23,27)(H2,24,25,26,28). The van der Waals surface area contributed by atoms with Crippen LogP contribution < -0.4 is 20.7 Å². The van der Waals surface area contributed by atoms with E-state index in [-0.39, 0.29) is 5.91 Å². The minimum absolute atomic E-state index is 0.203. The van der Waals surface area contributed by atoms with Gasteiger partial charge in [-0.15, -0.1) is 0 Å². The highest BCUT2D eigenvalue weighted by Gasteiger charge is 2.16. The average molecular weight is 425 g/mol. The van der Waals surface area contributed by atoms with E-state index in [0.29, 0.717) is 34.4 Å². The van der Waals surface area contributed by atoms with Crippen molar-refractivity contribution >= 4 is 34.1 Å². The van der Waals surface area contributed by atoms with Crippen molar-refractivity contribution in [2.24, 2.45) is 0 Å². The Hall–Kier alpha value is -3.39. The predicted octanol–water partition coefficient (Wildman–Crippen LogP) is 4.39. The van der Waals surface area contributed by atoms with Crippen LogP contribution in [0.4, 0.5) is 15.6 Å². The molecule has 0 atom stereocenters. The number of anilines is 2. The molecule has 8 heteroatoms. The number of aryl methyl sites for hydroxylation is 2. The summed E-state index contributed by atoms with van der Waals surface area (Å²) in [5.74, 6) is 0.597. The average Bonchev–Trinajstić information content (AvgIpc) is 3.08. The fraction of sp³-hybridized carbons (Fsp3) is 0.227. The molecule has 0 aliphatic rings. The van der Waals surface area contributed by atoms with Crippen LogP contribution in [-0.2, 0) is 6.42 Å². The number of hydrogen-bond acceptors (Lipinski definition) is 5. The quantitative estimate of drug-likeness (QED) is 0.525. The summed E-state index contributed by atoms with van der Waals surface area (Å²) >= 11 is 1.15. The van der Waals surface area contributed by atoms with Crippen molar-refractivity contribution < 1.29 is 14.3 Å². The second kappa shape index (κ2) is 9.89. The van der Waals surface area contributed by atoms with Gasteiger partial charge in [0.05, 0.1) is 12.8 Å². The molecule has 0 bridgehead atoms. The molecule has 7 nitrogen and oxygen atoms in total. The molecule has 156 valence electrons. The van der Waals surface area contributed by atoms with Crippen molar-refractivity contribution in [3.8, 4) is 5.75 Å². The van der Waals surface area contributed by atoms with Gasteiger partial charge in [-0.3, -0.25) is 10.1 Å². The van der Waals surface area contributed by atoms with E-state index in [1.54, 1.807) is 20.1 Å². The number of carbonyl (C=O) groups is 2. The van der Waals surface area contributed by atoms with Crippen LogP contribution in [-0.4, -0.2) is 30.6 Å². The summed E-state index contributed by atoms with van der Waals surface area (Å²) in [6.07, 6.45) is 0.706. The van der Waals surface area contributed by atoms with Gasteiger partial charge in [0, 0.05) is 12.2 Å². The Bertz CT molecular complexity index is 1030. The summed E-state index contributed by atoms with van der Waals surface area (Å²) < 4.78 is 5.14. The van der Waals surface area contributed by atoms with Gasteiger partial charge in [-0.2, -0.15) is 0 Å². The number of thiazole rings is 1. The van der Waals surface area contributed by atoms with E-state index in [4.69, 9.17) is 4.74 Å². The molecule has 0 fully saturated rings. The molecule has 2 aromatic carbocycles. The van der Waals surface area contributed by atoms with Gasteiger partial charge in [0.1, 0.15) is 10.6 Å². The van der Waals surface area contributed by atoms with Crippen molar-refractivity contribution in [1.29, 1.82) is 0 Å². The lowest BCUT2D eigenvalue weighted by Gasteiger charge is -2.06. The van der Waals surface area contributed by atoms with Crippen LogP contribution >= 0.6 is 11.3 Å². The van der Waals surface area contributed by atoms with E-state index in [0.717, 1.165) is 28.2 Å². The summed E-state index contributed by atoms with van der Waals surface area (Å²) in [6, 6.07) is 14.8. The molecule has 1 aromatic heterocycles. The molecule has 30 heavy (non-hydrogen) atoms. The SMILES string of the molecule is COc1ccc(CCNC(=O)c2sc(NC(=O)Nc3cccc(C)c3)nc2C)cc1. The molecule has 0 saturated carbocycles. The van der Waals surface area contributed by atoms with Gasteiger partial charge in [-0.05, 0) is 55.7 Å². The summed E-state index contributed by atoms with van der Waals surface area (Å²) in [7, 11) is 1.63. The third-order valence-corrected chi connectivity index (χ3v) is 5.43. The molecular formula is C22H24N4O3S. The Morgan fingerprint density at radius 3 is 2.53 bits per heavy atom. The van der Waals surface area contributed by atoms with Gasteiger partial charge in [0.2, 0.25) is 0 Å². The number of benzene rings is 2. The van der Waals surface area contributed by atoms with Gasteiger partial charge in [0.15, 0.2) is 5.13 Å². The zero-order valence-electron chi connectivity index (χ0n) is 17.1. The van der Waals surface area contributed by atoms with E-state index in [9.17, 15) is 9.59 Å². The zero-order valence-corrected chi connectivity index (χ0v) is 17.9. The summed E-state index contributed by atoms with van der Waals surface area (Å²) in [4.78, 5) is 29.5. The van der Waals surface area contributed by atoms with Crippen molar-refractivity contribution in [3.63, 3.8) is 0 Å². The maximum atomic E-state index is 12.5. The maximum Gasteiger partial charge on any atom is 0.325 e. The summed E-state index contributed by atoms with van der Waals surface area (Å²) in [5.41, 5.74) is 3.42. The number of hydrogen-bond donors (Lipinski definition) is 3. The largest absolute Gasteiger partial charge is 0.497 e. The molecule has 0 unspecified atom stereocenters. The molecule has 1 heterocycles. The van der Waals surface area contributed by atoms with E-state index < -0.39 is 6.03 Å². The van der Waals surface area contributed by atoms with E-state index in [1.807, 2.05) is 49.4 Å². The topological polar surface area (TPSA) is 92.4 Å². The Morgan fingerprint density at radius 2 is 1.83 bits per heavy atom. The molecule has 0 spiro atoms. The van der Waals surface area contributed by atoms with Crippen LogP contribution in [0.2, 0.25) is 0 Å². The lowest BCUT2D eigenvalue weighted by atomic mass is 10.1. The minimum Gasteiger partial charge on any atom is -0.497 e. The number of rotatable bonds is 7. The highest BCUT2D eigenvalue weighted by Crippen LogP contribution is 2.23. The highest BCUT2D eigenvalue weighted by molar-refractivity contribution is 7.17. The summed E-state index contributed by atoms with van der Waals surface area (Å²) in [5, 5.41) is 8.72. The summed E-state index contributed by atoms with van der Waals surface area (Å²) in [6.45, 7) is 4.20. The number of methoxy groups -OCH3 is 1. The monoisotopic (exact) mass is 424 g/mol. The van der Waals surface area contributed by atoms with Crippen molar-refractivity contribution in [1.82, 2.24) is 10.3 Å². The van der Waals surface area contributed by atoms with Gasteiger partial charge >= 0.3 is 6.03 Å². The van der Waals surface area contributed by atoms with Crippen molar-refractivity contribution in [2.75, 3.05) is 24.3 Å². The Labute approximate surface area is 179 Å². The second-order valence-corrected chi connectivity index (χ2v) is 7.74. The van der Waals surface area contributed by atoms with Crippen molar-refractivity contribution in [3.05, 3.63) is 70.2 Å². The van der Waals surface area contributed by atoms with Crippen LogP contribution in [0.25, 0.3) is 0 Å². The fourth-order valence-corrected chi connectivity index (χ4v) is 3.71. The Morgan fingerprint density at radius 1 is 1.07 bits per heavy atom. The molecule has 3 amide bonds. The van der Waals surface area contributed by atoms with Crippen molar-refractivity contribution in [2.45, 2.75) is 20.3 Å². The number of amides is 3. The van der Waals surface area contributed by atoms with Crippen LogP contribution in [0.3, 0.4) is 0 Å². The van der Waals surface area contributed by atoms with Crippen LogP contribution in [0.15, 0.2) is 48.5 Å². The molecular weight excluding hydrogens is 400 g/mol. The van der Waals surface area contributed by atoms with Gasteiger partial charge in [-0.25, -0.2) is 9.78 Å². The lowest BCUT2D eigenvalue weighted by Crippen LogP contribution is -2.25. The van der Waals surface area contributed by atoms with Crippen LogP contribution in [0.1, 0.15) is 26.5 Å². The molecule has 3 aromatic rings. The van der Waals surface area contributed by atoms with Crippen LogP contribution in [0.5, 0.6) is 5.75 Å². The second-order valence-electron chi connectivity index (χ2n) is 6.74. The Balaban J connectivity index is 1.52. The molecule has 3 N–H and O–H groups in total. The van der Waals surface area contributed by atoms with Gasteiger partial charge in [0.25, 0.3) is 5.91 Å². The molecule has 0 aliphatic heterocycles. The fourth-order valence-electron chi connectivity index (χ4n) is 2.84. The number of nitrogens with zero attached hydrogens (tertiary/aromatic N) is 1. The predicted molar refractivity (Wildman–Crippen MR) is 120 cm³/mol. The number of nitrogens with one attached hydrogen (secondary N) is 3. The smallest absolute Gasteiger partial charge is 0.325 e. The molecule has 0 radical (unpaired) electrons. The number of aromatic nitrogens is 1. The Kier molecular flexibility index (Phi) is 7.03. The first-order valence-corrected chi connectivity index (χ1v) is 10.3. The highest BCUT2D eigenvalue weighted by atomic mass is 32.1. The minimum atomic E-state index is -0.402. The van der Waals surface area contributed by atoms with E-state index in [1.165, 1.54) is 0 Å². The molecule has 3 rings (SSSR count). The van der Waals surface area contributed by atoms with Gasteiger partial charge in [-0.1, -0.05) is 35.6 Å². The van der Waals surface area contributed by atoms with Crippen LogP contribution in [0, 0.1) is 13.8 Å². The third kappa shape index (κ3) is 5.81. The maximum absolute atomic E-state index is 12.5. The first-order valence-electron chi connectivity index (χ1n) is 9.48.